The Balaban J connectivity index is 1.65. The number of rotatable bonds is 16. The average molecular weight is 548 g/mol. The van der Waals surface area contributed by atoms with Crippen LogP contribution >= 0.6 is 9.24 Å². The summed E-state index contributed by atoms with van der Waals surface area (Å²) < 4.78 is 5.24. The molecule has 0 saturated carbocycles. The van der Waals surface area contributed by atoms with Gasteiger partial charge in [0.05, 0.1) is 39.4 Å². The molecule has 204 valence electrons. The molecule has 0 fully saturated rings. The maximum atomic E-state index is 12.5. The van der Waals surface area contributed by atoms with Crippen LogP contribution in [0.4, 0.5) is 0 Å². The zero-order valence-electron chi connectivity index (χ0n) is 20.6. The lowest BCUT2D eigenvalue weighted by Crippen LogP contribution is -2.51. The minimum atomic E-state index is -0.969. The van der Waals surface area contributed by atoms with Gasteiger partial charge in [-0.05, 0) is 5.56 Å². The molecular formula is C24H30N5O8P. The lowest BCUT2D eigenvalue weighted by molar-refractivity contribution is -0.138. The molecule has 0 aromatic heterocycles. The number of nitrogens with zero attached hydrogens (tertiary/aromatic N) is 1. The predicted octanol–water partition coefficient (Wildman–Crippen LogP) is -2.20. The average Bonchev–Trinajstić information content (AvgIpc) is 3.21. The van der Waals surface area contributed by atoms with Crippen LogP contribution in [0.25, 0.3) is 0 Å². The van der Waals surface area contributed by atoms with E-state index < -0.39 is 48.0 Å². The third-order valence-corrected chi connectivity index (χ3v) is 5.30. The highest BCUT2D eigenvalue weighted by Gasteiger charge is 2.23. The predicted molar refractivity (Wildman–Crippen MR) is 137 cm³/mol. The van der Waals surface area contributed by atoms with E-state index in [-0.39, 0.29) is 51.2 Å². The van der Waals surface area contributed by atoms with Crippen LogP contribution in [-0.2, 0) is 44.7 Å². The molecule has 0 saturated heterocycles. The summed E-state index contributed by atoms with van der Waals surface area (Å²) in [6, 6.07) is 7.99. The first-order valence-electron chi connectivity index (χ1n) is 11.7. The molecule has 1 aromatic carbocycles. The molecule has 0 spiro atoms. The minimum absolute atomic E-state index is 0.0205. The van der Waals surface area contributed by atoms with E-state index in [2.05, 4.69) is 21.3 Å². The first kappa shape index (κ1) is 30.3. The second-order valence-electron chi connectivity index (χ2n) is 8.07. The third-order valence-electron chi connectivity index (χ3n) is 5.10. The lowest BCUT2D eigenvalue weighted by atomic mass is 10.1. The van der Waals surface area contributed by atoms with E-state index in [1.165, 1.54) is 12.2 Å². The third kappa shape index (κ3) is 11.4. The minimum Gasteiger partial charge on any atom is -0.379 e. The second-order valence-corrected chi connectivity index (χ2v) is 8.72. The van der Waals surface area contributed by atoms with Crippen LogP contribution in [0.5, 0.6) is 0 Å². The molecule has 2 rings (SSSR count). The molecule has 1 aliphatic rings. The van der Waals surface area contributed by atoms with E-state index in [0.717, 1.165) is 10.5 Å². The molecule has 14 heteroatoms. The quantitative estimate of drug-likeness (QED) is 0.102. The van der Waals surface area contributed by atoms with E-state index in [4.69, 9.17) is 4.74 Å². The summed E-state index contributed by atoms with van der Waals surface area (Å²) in [5.41, 5.74) is 0.465. The zero-order valence-corrected chi connectivity index (χ0v) is 21.7. The number of imide groups is 1. The topological polar surface area (TPSA) is 180 Å². The molecule has 6 amide bonds. The monoisotopic (exact) mass is 547 g/mol. The smallest absolute Gasteiger partial charge is 0.253 e. The molecule has 0 aliphatic carbocycles. The largest absolute Gasteiger partial charge is 0.379 e. The highest BCUT2D eigenvalue weighted by molar-refractivity contribution is 7.40. The molecular weight excluding hydrogens is 517 g/mol. The summed E-state index contributed by atoms with van der Waals surface area (Å²) in [6.45, 7) is -0.853. The van der Waals surface area contributed by atoms with Crippen molar-refractivity contribution in [2.75, 3.05) is 39.4 Å². The van der Waals surface area contributed by atoms with Gasteiger partial charge in [0.15, 0.2) is 5.52 Å². The fourth-order valence-corrected chi connectivity index (χ4v) is 3.29. The fraction of sp³-hybridized carbons (Fsp3) is 0.375. The normalized spacial score (nSPS) is 13.1. The van der Waals surface area contributed by atoms with Crippen LogP contribution in [0.3, 0.4) is 0 Å². The van der Waals surface area contributed by atoms with Crippen LogP contribution in [0.2, 0.25) is 0 Å². The summed E-state index contributed by atoms with van der Waals surface area (Å²) in [6.07, 6.45) is 2.46. The number of hydrogen-bond donors (Lipinski definition) is 4. The number of benzene rings is 1. The van der Waals surface area contributed by atoms with Crippen LogP contribution in [0, 0.1) is 0 Å². The summed E-state index contributed by atoms with van der Waals surface area (Å²) in [5.74, 6) is -3.10. The van der Waals surface area contributed by atoms with Gasteiger partial charge >= 0.3 is 0 Å². The van der Waals surface area contributed by atoms with Crippen molar-refractivity contribution in [3.63, 3.8) is 0 Å². The van der Waals surface area contributed by atoms with Gasteiger partial charge in [0.2, 0.25) is 23.6 Å². The van der Waals surface area contributed by atoms with Gasteiger partial charge in [0.25, 0.3) is 11.8 Å². The van der Waals surface area contributed by atoms with Gasteiger partial charge < -0.3 is 26.0 Å². The summed E-state index contributed by atoms with van der Waals surface area (Å²) in [5, 5.41) is 9.71. The highest BCUT2D eigenvalue weighted by Crippen LogP contribution is 2.04. The number of hydrogen-bond acceptors (Lipinski definition) is 8. The summed E-state index contributed by atoms with van der Waals surface area (Å²) >= 11 is 0. The molecule has 2 unspecified atom stereocenters. The Morgan fingerprint density at radius 1 is 0.816 bits per heavy atom. The molecule has 0 radical (unpaired) electrons. The fourth-order valence-electron chi connectivity index (χ4n) is 3.18. The number of ether oxygens (including phenoxy) is 1. The maximum Gasteiger partial charge on any atom is 0.253 e. The molecule has 0 bridgehead atoms. The van der Waals surface area contributed by atoms with Gasteiger partial charge in [0, 0.05) is 25.0 Å². The first-order chi connectivity index (χ1) is 18.2. The molecule has 1 aliphatic heterocycles. The Labute approximate surface area is 221 Å². The van der Waals surface area contributed by atoms with Gasteiger partial charge in [-0.1, -0.05) is 39.6 Å². The molecule has 4 N–H and O–H groups in total. The molecule has 38 heavy (non-hydrogen) atoms. The summed E-state index contributed by atoms with van der Waals surface area (Å²) in [7, 11) is 1.95. The Morgan fingerprint density at radius 2 is 1.45 bits per heavy atom. The first-order valence-corrected chi connectivity index (χ1v) is 12.3. The van der Waals surface area contributed by atoms with Crippen molar-refractivity contribution in [1.82, 2.24) is 26.2 Å². The van der Waals surface area contributed by atoms with Crippen molar-refractivity contribution < 1.29 is 38.3 Å². The summed E-state index contributed by atoms with van der Waals surface area (Å²) in [4.78, 5) is 83.6. The van der Waals surface area contributed by atoms with Crippen molar-refractivity contribution in [3.05, 3.63) is 48.0 Å². The van der Waals surface area contributed by atoms with E-state index in [1.807, 2.05) is 15.3 Å². The van der Waals surface area contributed by atoms with Gasteiger partial charge in [-0.25, -0.2) is 0 Å². The van der Waals surface area contributed by atoms with Gasteiger partial charge in [-0.3, -0.25) is 38.5 Å². The van der Waals surface area contributed by atoms with E-state index in [1.54, 1.807) is 24.3 Å². The van der Waals surface area contributed by atoms with Gasteiger partial charge in [-0.15, -0.1) is 0 Å². The number of nitrogens with one attached hydrogen (secondary N) is 4. The van der Waals surface area contributed by atoms with E-state index in [0.29, 0.717) is 0 Å². The van der Waals surface area contributed by atoms with Crippen LogP contribution < -0.4 is 21.3 Å². The maximum absolute atomic E-state index is 12.5. The van der Waals surface area contributed by atoms with Crippen molar-refractivity contribution in [2.24, 2.45) is 0 Å². The SMILES string of the molecule is O=C(P)CNC(=O)C(Cc1ccccc1)NC(=O)CNC(=O)CNC(=O)CCOCCN1C(=O)C=CC1=O. The lowest BCUT2D eigenvalue weighted by Gasteiger charge is -2.18. The van der Waals surface area contributed by atoms with Crippen molar-refractivity contribution in [3.8, 4) is 0 Å². The van der Waals surface area contributed by atoms with Gasteiger partial charge in [-0.2, -0.15) is 0 Å². The number of amides is 6. The number of carbonyl (C=O) groups excluding carboxylic acids is 7. The highest BCUT2D eigenvalue weighted by atomic mass is 31.0. The van der Waals surface area contributed by atoms with Crippen LogP contribution in [0.1, 0.15) is 12.0 Å². The van der Waals surface area contributed by atoms with Crippen molar-refractivity contribution in [2.45, 2.75) is 18.9 Å². The van der Waals surface area contributed by atoms with Crippen molar-refractivity contribution >= 4 is 50.2 Å². The van der Waals surface area contributed by atoms with Crippen LogP contribution in [0.15, 0.2) is 42.5 Å². The standard InChI is InChI=1S/C24H30N5O8P/c30-18(8-10-37-11-9-29-21(33)6-7-22(29)34)25-13-19(31)26-14-20(32)28-17(24(36)27-15-23(35)38)12-16-4-2-1-3-5-16/h1-7,17H,8-15,38H2,(H,25,30)(H,26,31)(H,27,36)(H,28,32). The van der Waals surface area contributed by atoms with Gasteiger partial charge in [0.1, 0.15) is 6.04 Å². The van der Waals surface area contributed by atoms with E-state index in [9.17, 15) is 33.6 Å². The molecule has 1 aromatic rings. The number of carbonyl (C=O) groups is 7. The Hall–Kier alpha value is -3.96. The Bertz CT molecular complexity index is 1060. The van der Waals surface area contributed by atoms with E-state index >= 15 is 0 Å². The second kappa shape index (κ2) is 16.0. The zero-order chi connectivity index (χ0) is 27.9. The van der Waals surface area contributed by atoms with Crippen LogP contribution in [-0.4, -0.2) is 91.3 Å². The van der Waals surface area contributed by atoms with Crippen molar-refractivity contribution in [1.29, 1.82) is 0 Å². The molecule has 13 nitrogen and oxygen atoms in total. The Kier molecular flexibility index (Phi) is 12.7. The Morgan fingerprint density at radius 3 is 2.11 bits per heavy atom. The molecule has 1 heterocycles. The molecule has 2 atom stereocenters.